The van der Waals surface area contributed by atoms with Crippen LogP contribution in [0.15, 0.2) is 30.5 Å². The summed E-state index contributed by atoms with van der Waals surface area (Å²) in [7, 11) is 1.78. The van der Waals surface area contributed by atoms with Crippen LogP contribution in [-0.4, -0.2) is 29.5 Å². The van der Waals surface area contributed by atoms with Gasteiger partial charge in [0.2, 0.25) is 0 Å². The number of hydrogen-bond donors (Lipinski definition) is 1. The highest BCUT2D eigenvalue weighted by molar-refractivity contribution is 5.90. The molecule has 1 aliphatic carbocycles. The van der Waals surface area contributed by atoms with Crippen molar-refractivity contribution in [3.63, 3.8) is 0 Å². The van der Waals surface area contributed by atoms with Crippen molar-refractivity contribution in [2.75, 3.05) is 12.4 Å². The maximum absolute atomic E-state index is 5.50. The molecular formula is C14H17N3O. The number of anilines is 1. The first-order valence-corrected chi connectivity index (χ1v) is 6.38. The zero-order chi connectivity index (χ0) is 12.4. The molecule has 1 aliphatic rings. The largest absolute Gasteiger partial charge is 0.379 e. The molecule has 94 valence electrons. The molecule has 1 aromatic carbocycles. The number of nitrogens with zero attached hydrogens (tertiary/aromatic N) is 2. The summed E-state index contributed by atoms with van der Waals surface area (Å²) >= 11 is 0. The predicted molar refractivity (Wildman–Crippen MR) is 71.6 cm³/mol. The van der Waals surface area contributed by atoms with Gasteiger partial charge in [-0.2, -0.15) is 5.10 Å². The van der Waals surface area contributed by atoms with Crippen molar-refractivity contribution in [1.29, 1.82) is 0 Å². The molecule has 4 heteroatoms. The normalized spacial score (nSPS) is 23.4. The second kappa shape index (κ2) is 4.90. The smallest absolute Gasteiger partial charge is 0.156 e. The van der Waals surface area contributed by atoms with Crippen LogP contribution in [0.4, 0.5) is 5.82 Å². The molecule has 4 nitrogen and oxygen atoms in total. The fourth-order valence-corrected chi connectivity index (χ4v) is 2.68. The van der Waals surface area contributed by atoms with E-state index < -0.39 is 0 Å². The minimum absolute atomic E-state index is 0.283. The molecule has 2 unspecified atom stereocenters. The van der Waals surface area contributed by atoms with Crippen molar-refractivity contribution in [2.24, 2.45) is 0 Å². The Kier molecular flexibility index (Phi) is 3.11. The van der Waals surface area contributed by atoms with Crippen LogP contribution in [-0.2, 0) is 4.74 Å². The molecule has 1 heterocycles. The lowest BCUT2D eigenvalue weighted by atomic mass is 10.1. The second-order valence-electron chi connectivity index (χ2n) is 4.74. The predicted octanol–water partition coefficient (Wildman–Crippen LogP) is 2.61. The fourth-order valence-electron chi connectivity index (χ4n) is 2.68. The van der Waals surface area contributed by atoms with E-state index in [1.165, 1.54) is 6.42 Å². The van der Waals surface area contributed by atoms with Gasteiger partial charge in [0.15, 0.2) is 5.82 Å². The Morgan fingerprint density at radius 2 is 2.17 bits per heavy atom. The van der Waals surface area contributed by atoms with Gasteiger partial charge in [-0.15, -0.1) is 5.10 Å². The summed E-state index contributed by atoms with van der Waals surface area (Å²) in [5.41, 5.74) is 0. The molecule has 0 radical (unpaired) electrons. The number of aromatic nitrogens is 2. The molecule has 1 aromatic heterocycles. The third kappa shape index (κ3) is 2.04. The number of nitrogens with one attached hydrogen (secondary N) is 1. The van der Waals surface area contributed by atoms with Crippen molar-refractivity contribution < 1.29 is 4.74 Å². The Morgan fingerprint density at radius 1 is 1.28 bits per heavy atom. The van der Waals surface area contributed by atoms with Gasteiger partial charge in [-0.3, -0.25) is 0 Å². The van der Waals surface area contributed by atoms with Gasteiger partial charge in [0.05, 0.1) is 18.3 Å². The Bertz CT molecular complexity index is 538. The zero-order valence-electron chi connectivity index (χ0n) is 10.5. The van der Waals surface area contributed by atoms with Crippen LogP contribution in [0, 0.1) is 0 Å². The summed E-state index contributed by atoms with van der Waals surface area (Å²) in [4.78, 5) is 0. The third-order valence-electron chi connectivity index (χ3n) is 3.65. The van der Waals surface area contributed by atoms with Crippen LogP contribution in [0.3, 0.4) is 0 Å². The summed E-state index contributed by atoms with van der Waals surface area (Å²) in [6.07, 6.45) is 5.53. The second-order valence-corrected chi connectivity index (χ2v) is 4.74. The van der Waals surface area contributed by atoms with E-state index in [-0.39, 0.29) is 6.10 Å². The minimum atomic E-state index is 0.283. The Hall–Kier alpha value is -1.68. The molecule has 18 heavy (non-hydrogen) atoms. The molecule has 3 rings (SSSR count). The molecule has 0 aliphatic heterocycles. The summed E-state index contributed by atoms with van der Waals surface area (Å²) in [6, 6.07) is 8.51. The SMILES string of the molecule is COC1CCCC1Nc1nncc2ccccc12. The lowest BCUT2D eigenvalue weighted by Gasteiger charge is -2.20. The molecule has 0 saturated heterocycles. The van der Waals surface area contributed by atoms with Gasteiger partial charge in [-0.25, -0.2) is 0 Å². The van der Waals surface area contributed by atoms with Crippen molar-refractivity contribution in [1.82, 2.24) is 10.2 Å². The van der Waals surface area contributed by atoms with Crippen molar-refractivity contribution in [3.8, 4) is 0 Å². The van der Waals surface area contributed by atoms with E-state index in [1.54, 1.807) is 13.3 Å². The standard InChI is InChI=1S/C14H17N3O/c1-18-13-8-4-7-12(13)16-14-11-6-3-2-5-10(11)9-15-17-14/h2-3,5-6,9,12-13H,4,7-8H2,1H3,(H,16,17). The molecule has 0 amide bonds. The number of ether oxygens (including phenoxy) is 1. The topological polar surface area (TPSA) is 47.0 Å². The van der Waals surface area contributed by atoms with Crippen LogP contribution in [0.1, 0.15) is 19.3 Å². The van der Waals surface area contributed by atoms with E-state index in [0.717, 1.165) is 29.4 Å². The highest BCUT2D eigenvalue weighted by Crippen LogP contribution is 2.27. The van der Waals surface area contributed by atoms with Gasteiger partial charge in [0, 0.05) is 17.9 Å². The molecule has 0 spiro atoms. The van der Waals surface area contributed by atoms with E-state index >= 15 is 0 Å². The number of methoxy groups -OCH3 is 1. The number of rotatable bonds is 3. The molecule has 0 bridgehead atoms. The summed E-state index contributed by atoms with van der Waals surface area (Å²) in [5, 5.41) is 14.0. The minimum Gasteiger partial charge on any atom is -0.379 e. The van der Waals surface area contributed by atoms with Crippen molar-refractivity contribution in [3.05, 3.63) is 30.5 Å². The average Bonchev–Trinajstić information content (AvgIpc) is 2.86. The summed E-state index contributed by atoms with van der Waals surface area (Å²) in [6.45, 7) is 0. The quantitative estimate of drug-likeness (QED) is 0.900. The Morgan fingerprint density at radius 3 is 3.06 bits per heavy atom. The van der Waals surface area contributed by atoms with Gasteiger partial charge >= 0.3 is 0 Å². The van der Waals surface area contributed by atoms with Crippen LogP contribution in [0.2, 0.25) is 0 Å². The number of fused-ring (bicyclic) bond motifs is 1. The van der Waals surface area contributed by atoms with Gasteiger partial charge in [-0.1, -0.05) is 24.3 Å². The average molecular weight is 243 g/mol. The van der Waals surface area contributed by atoms with Crippen molar-refractivity contribution >= 4 is 16.6 Å². The monoisotopic (exact) mass is 243 g/mol. The molecule has 1 N–H and O–H groups in total. The van der Waals surface area contributed by atoms with Gasteiger partial charge in [0.25, 0.3) is 0 Å². The number of benzene rings is 1. The highest BCUT2D eigenvalue weighted by Gasteiger charge is 2.27. The zero-order valence-corrected chi connectivity index (χ0v) is 10.5. The van der Waals surface area contributed by atoms with E-state index in [4.69, 9.17) is 4.74 Å². The molecule has 2 atom stereocenters. The van der Waals surface area contributed by atoms with Crippen LogP contribution in [0.5, 0.6) is 0 Å². The lowest BCUT2D eigenvalue weighted by Crippen LogP contribution is -2.30. The van der Waals surface area contributed by atoms with Gasteiger partial charge < -0.3 is 10.1 Å². The van der Waals surface area contributed by atoms with Crippen LogP contribution < -0.4 is 5.32 Å². The van der Waals surface area contributed by atoms with Gasteiger partial charge in [-0.05, 0) is 19.3 Å². The number of hydrogen-bond acceptors (Lipinski definition) is 4. The first kappa shape index (κ1) is 11.4. The summed E-state index contributed by atoms with van der Waals surface area (Å²) < 4.78 is 5.50. The van der Waals surface area contributed by atoms with E-state index in [1.807, 2.05) is 12.1 Å². The van der Waals surface area contributed by atoms with Crippen LogP contribution in [0.25, 0.3) is 10.8 Å². The Balaban J connectivity index is 1.90. The first-order valence-electron chi connectivity index (χ1n) is 6.38. The van der Waals surface area contributed by atoms with E-state index in [0.29, 0.717) is 6.04 Å². The fraction of sp³-hybridized carbons (Fsp3) is 0.429. The molecule has 2 aromatic rings. The maximum atomic E-state index is 5.50. The molecule has 1 saturated carbocycles. The highest BCUT2D eigenvalue weighted by atomic mass is 16.5. The summed E-state index contributed by atoms with van der Waals surface area (Å²) in [5.74, 6) is 0.863. The first-order chi connectivity index (χ1) is 8.88. The van der Waals surface area contributed by atoms with Gasteiger partial charge in [0.1, 0.15) is 0 Å². The molecule has 1 fully saturated rings. The Labute approximate surface area is 106 Å². The maximum Gasteiger partial charge on any atom is 0.156 e. The molecular weight excluding hydrogens is 226 g/mol. The van der Waals surface area contributed by atoms with E-state index in [2.05, 4.69) is 27.6 Å². The lowest BCUT2D eigenvalue weighted by molar-refractivity contribution is 0.101. The van der Waals surface area contributed by atoms with Crippen molar-refractivity contribution in [2.45, 2.75) is 31.4 Å². The van der Waals surface area contributed by atoms with Crippen LogP contribution >= 0.6 is 0 Å². The van der Waals surface area contributed by atoms with E-state index in [9.17, 15) is 0 Å². The third-order valence-corrected chi connectivity index (χ3v) is 3.65.